The van der Waals surface area contributed by atoms with Crippen LogP contribution in [0.1, 0.15) is 11.3 Å². The average Bonchev–Trinajstić information content (AvgIpc) is 2.95. The summed E-state index contributed by atoms with van der Waals surface area (Å²) in [5, 5.41) is 63.4. The fraction of sp³-hybridized carbons (Fsp3) is 0.536. The van der Waals surface area contributed by atoms with Crippen LogP contribution < -0.4 is 19.8 Å². The summed E-state index contributed by atoms with van der Waals surface area (Å²) in [6.07, 6.45) is -13.7. The molecular formula is C28H34O14. The average molecular weight is 595 g/mol. The second-order valence-electron chi connectivity index (χ2n) is 10.4. The predicted molar refractivity (Wildman–Crippen MR) is 144 cm³/mol. The van der Waals surface area contributed by atoms with E-state index in [4.69, 9.17) is 32.8 Å². The minimum atomic E-state index is -1.73. The molecule has 6 N–H and O–H groups in total. The van der Waals surface area contributed by atoms with Gasteiger partial charge in [0.15, 0.2) is 6.29 Å². The van der Waals surface area contributed by atoms with E-state index >= 15 is 0 Å². The summed E-state index contributed by atoms with van der Waals surface area (Å²) in [5.41, 5.74) is -0.0962. The van der Waals surface area contributed by atoms with E-state index in [-0.39, 0.29) is 17.7 Å². The molecule has 0 radical (unpaired) electrons. The fourth-order valence-electron chi connectivity index (χ4n) is 5.40. The summed E-state index contributed by atoms with van der Waals surface area (Å²) in [6, 6.07) is 4.89. The smallest absolute Gasteiger partial charge is 0.344 e. The first-order chi connectivity index (χ1) is 20.0. The minimum absolute atomic E-state index is 0.109. The molecule has 1 aromatic heterocycles. The standard InChI is InChI=1S/C28H34O14/c1-10-5-13-19(26(35)40-10)11(2)18-14(25(13)37-4)6-12(36-3)7-16(18)41-28-24(34)22(32)21(31)17(42-28)9-39-27-23(33)20(30)15(29)8-38-27/h5-7,15,17,20-24,27-34H,8-9H2,1-4H3. The van der Waals surface area contributed by atoms with Gasteiger partial charge in [0.05, 0.1) is 32.8 Å². The molecule has 0 amide bonds. The van der Waals surface area contributed by atoms with Gasteiger partial charge < -0.3 is 63.5 Å². The summed E-state index contributed by atoms with van der Waals surface area (Å²) in [6.45, 7) is 2.59. The van der Waals surface area contributed by atoms with E-state index in [1.165, 1.54) is 20.3 Å². The van der Waals surface area contributed by atoms with Crippen LogP contribution in [0.25, 0.3) is 21.5 Å². The van der Waals surface area contributed by atoms with Crippen LogP contribution in [0.2, 0.25) is 0 Å². The van der Waals surface area contributed by atoms with Gasteiger partial charge in [-0.05, 0) is 31.5 Å². The molecule has 2 fully saturated rings. The lowest BCUT2D eigenvalue weighted by atomic mass is 9.96. The van der Waals surface area contributed by atoms with Crippen LogP contribution in [0.5, 0.6) is 17.2 Å². The number of hydrogen-bond donors (Lipinski definition) is 6. The Morgan fingerprint density at radius 1 is 0.833 bits per heavy atom. The van der Waals surface area contributed by atoms with Crippen molar-refractivity contribution in [3.8, 4) is 17.2 Å². The van der Waals surface area contributed by atoms with Crippen molar-refractivity contribution in [3.63, 3.8) is 0 Å². The molecule has 5 rings (SSSR count). The van der Waals surface area contributed by atoms with Crippen molar-refractivity contribution in [2.45, 2.75) is 69.2 Å². The van der Waals surface area contributed by atoms with Crippen molar-refractivity contribution in [1.82, 2.24) is 0 Å². The molecule has 2 aromatic carbocycles. The Bertz CT molecular complexity index is 1500. The van der Waals surface area contributed by atoms with Gasteiger partial charge in [-0.1, -0.05) is 0 Å². The van der Waals surface area contributed by atoms with E-state index in [1.807, 2.05) is 0 Å². The Kier molecular flexibility index (Phi) is 8.63. The van der Waals surface area contributed by atoms with E-state index in [9.17, 15) is 35.4 Å². The molecule has 0 bridgehead atoms. The van der Waals surface area contributed by atoms with E-state index in [0.717, 1.165) is 0 Å². The molecule has 0 saturated carbocycles. The number of hydrogen-bond acceptors (Lipinski definition) is 14. The highest BCUT2D eigenvalue weighted by molar-refractivity contribution is 6.10. The van der Waals surface area contributed by atoms with Gasteiger partial charge in [0.1, 0.15) is 65.7 Å². The molecule has 0 aliphatic carbocycles. The van der Waals surface area contributed by atoms with Gasteiger partial charge in [0.25, 0.3) is 0 Å². The number of methoxy groups -OCH3 is 2. The molecule has 3 aromatic rings. The summed E-state index contributed by atoms with van der Waals surface area (Å²) in [4.78, 5) is 12.9. The minimum Gasteiger partial charge on any atom is -0.497 e. The Morgan fingerprint density at radius 2 is 1.52 bits per heavy atom. The van der Waals surface area contributed by atoms with Gasteiger partial charge in [-0.2, -0.15) is 0 Å². The number of aryl methyl sites for hydroxylation is 2. The first-order valence-electron chi connectivity index (χ1n) is 13.2. The molecule has 2 aliphatic heterocycles. The zero-order valence-corrected chi connectivity index (χ0v) is 23.3. The monoisotopic (exact) mass is 594 g/mol. The molecule has 14 heteroatoms. The van der Waals surface area contributed by atoms with Gasteiger partial charge in [0.2, 0.25) is 6.29 Å². The summed E-state index contributed by atoms with van der Waals surface area (Å²) < 4.78 is 39.1. The maximum absolute atomic E-state index is 12.9. The molecule has 0 spiro atoms. The van der Waals surface area contributed by atoms with Crippen LogP contribution in [0.15, 0.2) is 27.4 Å². The fourth-order valence-corrected chi connectivity index (χ4v) is 5.40. The van der Waals surface area contributed by atoms with E-state index in [2.05, 4.69) is 0 Å². The van der Waals surface area contributed by atoms with Crippen LogP contribution in [-0.4, -0.2) is 113 Å². The van der Waals surface area contributed by atoms with Crippen LogP contribution in [0, 0.1) is 13.8 Å². The van der Waals surface area contributed by atoms with Gasteiger partial charge in [-0.3, -0.25) is 0 Å². The quantitative estimate of drug-likeness (QED) is 0.186. The third-order valence-electron chi connectivity index (χ3n) is 7.62. The third kappa shape index (κ3) is 5.30. The lowest BCUT2D eigenvalue weighted by Gasteiger charge is -2.41. The maximum atomic E-state index is 12.9. The molecule has 9 unspecified atom stereocenters. The highest BCUT2D eigenvalue weighted by Crippen LogP contribution is 2.44. The zero-order chi connectivity index (χ0) is 30.5. The Hall–Kier alpha value is -3.05. The number of rotatable bonds is 7. The molecule has 2 saturated heterocycles. The van der Waals surface area contributed by atoms with Gasteiger partial charge in [-0.25, -0.2) is 4.79 Å². The van der Waals surface area contributed by atoms with E-state index < -0.39 is 67.5 Å². The predicted octanol–water partition coefficient (Wildman–Crippen LogP) is -0.778. The molecule has 42 heavy (non-hydrogen) atoms. The largest absolute Gasteiger partial charge is 0.497 e. The molecule has 3 heterocycles. The summed E-state index contributed by atoms with van der Waals surface area (Å²) in [5.74, 6) is 1.21. The van der Waals surface area contributed by atoms with Crippen LogP contribution in [0.4, 0.5) is 0 Å². The van der Waals surface area contributed by atoms with Crippen molar-refractivity contribution in [2.24, 2.45) is 0 Å². The molecule has 9 atom stereocenters. The van der Waals surface area contributed by atoms with Crippen LogP contribution in [-0.2, 0) is 14.2 Å². The van der Waals surface area contributed by atoms with Crippen LogP contribution in [0.3, 0.4) is 0 Å². The van der Waals surface area contributed by atoms with Crippen molar-refractivity contribution >= 4 is 21.5 Å². The first kappa shape index (κ1) is 30.4. The summed E-state index contributed by atoms with van der Waals surface area (Å²) >= 11 is 0. The number of benzene rings is 2. The van der Waals surface area contributed by atoms with Gasteiger partial charge in [0, 0.05) is 22.2 Å². The second kappa shape index (κ2) is 11.9. The van der Waals surface area contributed by atoms with Crippen molar-refractivity contribution in [1.29, 1.82) is 0 Å². The zero-order valence-electron chi connectivity index (χ0n) is 23.3. The van der Waals surface area contributed by atoms with Crippen molar-refractivity contribution in [3.05, 3.63) is 39.9 Å². The Labute approximate surface area is 239 Å². The third-order valence-corrected chi connectivity index (χ3v) is 7.62. The maximum Gasteiger partial charge on any atom is 0.344 e. The number of aliphatic hydroxyl groups excluding tert-OH is 6. The highest BCUT2D eigenvalue weighted by Gasteiger charge is 2.46. The second-order valence-corrected chi connectivity index (χ2v) is 10.4. The lowest BCUT2D eigenvalue weighted by molar-refractivity contribution is -0.307. The topological polar surface area (TPSA) is 207 Å². The summed E-state index contributed by atoms with van der Waals surface area (Å²) in [7, 11) is 2.90. The molecule has 2 aliphatic rings. The molecule has 14 nitrogen and oxygen atoms in total. The van der Waals surface area contributed by atoms with Crippen molar-refractivity contribution in [2.75, 3.05) is 27.4 Å². The number of aliphatic hydroxyl groups is 6. The number of ether oxygens (including phenoxy) is 6. The van der Waals surface area contributed by atoms with Crippen molar-refractivity contribution < 1.29 is 63.5 Å². The normalized spacial score (nSPS) is 31.8. The van der Waals surface area contributed by atoms with Gasteiger partial charge in [-0.15, -0.1) is 0 Å². The Morgan fingerprint density at radius 3 is 2.21 bits per heavy atom. The molecule has 230 valence electrons. The number of fused-ring (bicyclic) bond motifs is 2. The van der Waals surface area contributed by atoms with Gasteiger partial charge >= 0.3 is 5.63 Å². The lowest BCUT2D eigenvalue weighted by Crippen LogP contribution is -2.61. The Balaban J connectivity index is 1.50. The molecular weight excluding hydrogens is 560 g/mol. The van der Waals surface area contributed by atoms with E-state index in [0.29, 0.717) is 39.0 Å². The van der Waals surface area contributed by atoms with Crippen LogP contribution >= 0.6 is 0 Å². The SMILES string of the molecule is COc1cc(OC2OC(COC3OCC(O)C(O)C3O)C(O)C(O)C2O)c2c(C)c3c(=O)oc(C)cc3c(OC)c2c1. The first-order valence-corrected chi connectivity index (χ1v) is 13.2. The van der Waals surface area contributed by atoms with E-state index in [1.54, 1.807) is 26.0 Å². The highest BCUT2D eigenvalue weighted by atomic mass is 16.7.